The molecule has 6 rings (SSSR count). The van der Waals surface area contributed by atoms with Gasteiger partial charge < -0.3 is 11.1 Å². The van der Waals surface area contributed by atoms with Crippen LogP contribution in [-0.2, 0) is 11.2 Å². The van der Waals surface area contributed by atoms with Gasteiger partial charge in [-0.3, -0.25) is 4.79 Å². The van der Waals surface area contributed by atoms with Crippen molar-refractivity contribution in [1.29, 1.82) is 0 Å². The lowest BCUT2D eigenvalue weighted by molar-refractivity contribution is -0.116. The van der Waals surface area contributed by atoms with Gasteiger partial charge in [0.05, 0.1) is 17.6 Å². The Morgan fingerprint density at radius 2 is 1.71 bits per heavy atom. The number of aromatic nitrogens is 2. The van der Waals surface area contributed by atoms with Crippen molar-refractivity contribution in [3.8, 4) is 11.3 Å². The van der Waals surface area contributed by atoms with Crippen LogP contribution in [0.2, 0.25) is 0 Å². The summed E-state index contributed by atoms with van der Waals surface area (Å²) in [5.41, 5.74) is 9.75. The number of benzene rings is 1. The zero-order valence-corrected chi connectivity index (χ0v) is 18.7. The number of nitrogens with zero attached hydrogens (tertiary/aromatic N) is 2. The fourth-order valence-corrected chi connectivity index (χ4v) is 6.86. The van der Waals surface area contributed by atoms with Crippen molar-refractivity contribution in [2.24, 2.45) is 29.1 Å². The lowest BCUT2D eigenvalue weighted by atomic mass is 9.48. The van der Waals surface area contributed by atoms with E-state index in [0.717, 1.165) is 46.8 Å². The smallest absolute Gasteiger partial charge is 0.225 e. The van der Waals surface area contributed by atoms with Gasteiger partial charge in [-0.2, -0.15) is 0 Å². The molecule has 1 aromatic heterocycles. The SMILES string of the molecule is CC(C)CC(=O)Nc1ncc(-c2ccc(N)cc2)nc1CC12CC3CC(CC(C3)C1)C2. The number of nitrogens with one attached hydrogen (secondary N) is 1. The topological polar surface area (TPSA) is 80.9 Å². The summed E-state index contributed by atoms with van der Waals surface area (Å²) < 4.78 is 0. The van der Waals surface area contributed by atoms with Crippen LogP contribution in [0, 0.1) is 29.1 Å². The summed E-state index contributed by atoms with van der Waals surface area (Å²) in [4.78, 5) is 22.3. The van der Waals surface area contributed by atoms with Crippen LogP contribution in [0.4, 0.5) is 11.5 Å². The lowest BCUT2D eigenvalue weighted by Crippen LogP contribution is -2.47. The highest BCUT2D eigenvalue weighted by Crippen LogP contribution is 2.61. The summed E-state index contributed by atoms with van der Waals surface area (Å²) in [7, 11) is 0. The predicted octanol–water partition coefficient (Wildman–Crippen LogP) is 5.47. The maximum absolute atomic E-state index is 12.5. The van der Waals surface area contributed by atoms with Crippen LogP contribution < -0.4 is 11.1 Å². The van der Waals surface area contributed by atoms with Crippen molar-refractivity contribution in [2.45, 2.75) is 65.2 Å². The quantitative estimate of drug-likeness (QED) is 0.610. The lowest BCUT2D eigenvalue weighted by Gasteiger charge is -2.57. The third-order valence-electron chi connectivity index (χ3n) is 7.61. The molecule has 4 bridgehead atoms. The van der Waals surface area contributed by atoms with Crippen molar-refractivity contribution in [3.05, 3.63) is 36.2 Å². The van der Waals surface area contributed by atoms with Crippen LogP contribution in [0.25, 0.3) is 11.3 Å². The molecule has 5 heteroatoms. The fourth-order valence-electron chi connectivity index (χ4n) is 6.86. The number of carbonyl (C=O) groups is 1. The molecule has 31 heavy (non-hydrogen) atoms. The number of anilines is 2. The van der Waals surface area contributed by atoms with Gasteiger partial charge in [0, 0.05) is 17.7 Å². The normalized spacial score (nSPS) is 28.8. The van der Waals surface area contributed by atoms with Crippen LogP contribution in [0.5, 0.6) is 0 Å². The minimum Gasteiger partial charge on any atom is -0.399 e. The van der Waals surface area contributed by atoms with E-state index in [1.165, 1.54) is 38.5 Å². The summed E-state index contributed by atoms with van der Waals surface area (Å²) in [5.74, 6) is 3.65. The Hall–Kier alpha value is -2.43. The molecule has 0 aliphatic heterocycles. The molecule has 2 aromatic rings. The maximum atomic E-state index is 12.5. The van der Waals surface area contributed by atoms with Crippen molar-refractivity contribution >= 4 is 17.4 Å². The van der Waals surface area contributed by atoms with Crippen LogP contribution >= 0.6 is 0 Å². The van der Waals surface area contributed by atoms with E-state index in [2.05, 4.69) is 19.2 Å². The number of nitrogens with two attached hydrogens (primary N) is 1. The predicted molar refractivity (Wildman–Crippen MR) is 124 cm³/mol. The van der Waals surface area contributed by atoms with E-state index in [4.69, 9.17) is 15.7 Å². The van der Waals surface area contributed by atoms with E-state index in [9.17, 15) is 4.79 Å². The maximum Gasteiger partial charge on any atom is 0.225 e. The molecule has 1 heterocycles. The summed E-state index contributed by atoms with van der Waals surface area (Å²) in [6.07, 6.45) is 11.4. The van der Waals surface area contributed by atoms with Gasteiger partial charge in [0.25, 0.3) is 0 Å². The van der Waals surface area contributed by atoms with Crippen LogP contribution in [0.15, 0.2) is 30.5 Å². The van der Waals surface area contributed by atoms with E-state index in [0.29, 0.717) is 23.6 Å². The Labute approximate surface area is 185 Å². The molecule has 4 saturated carbocycles. The molecule has 5 nitrogen and oxygen atoms in total. The Morgan fingerprint density at radius 1 is 1.10 bits per heavy atom. The second kappa shape index (κ2) is 7.92. The molecule has 4 aliphatic carbocycles. The van der Waals surface area contributed by atoms with Gasteiger partial charge in [-0.1, -0.05) is 26.0 Å². The summed E-state index contributed by atoms with van der Waals surface area (Å²) in [6.45, 7) is 4.12. The molecule has 4 aliphatic rings. The standard InChI is InChI=1S/C26H34N4O/c1-16(2)7-24(31)30-25-22(29-23(15-28-25)20-3-5-21(27)6-4-20)14-26-11-17-8-18(12-26)10-19(9-17)13-26/h3-6,15-19H,7-14,27H2,1-2H3,(H,28,30,31). The van der Waals surface area contributed by atoms with Gasteiger partial charge in [0.1, 0.15) is 0 Å². The molecule has 0 radical (unpaired) electrons. The zero-order chi connectivity index (χ0) is 21.6. The van der Waals surface area contributed by atoms with Crippen molar-refractivity contribution in [1.82, 2.24) is 9.97 Å². The third kappa shape index (κ3) is 4.32. The highest BCUT2D eigenvalue weighted by molar-refractivity contribution is 5.90. The molecule has 0 unspecified atom stereocenters. The van der Waals surface area contributed by atoms with Crippen LogP contribution in [0.1, 0.15) is 64.5 Å². The van der Waals surface area contributed by atoms with E-state index >= 15 is 0 Å². The zero-order valence-electron chi connectivity index (χ0n) is 18.7. The van der Waals surface area contributed by atoms with Crippen LogP contribution in [0.3, 0.4) is 0 Å². The average molecular weight is 419 g/mol. The number of nitrogen functional groups attached to an aromatic ring is 1. The van der Waals surface area contributed by atoms with E-state index in [-0.39, 0.29) is 5.91 Å². The highest BCUT2D eigenvalue weighted by Gasteiger charge is 2.51. The van der Waals surface area contributed by atoms with Gasteiger partial charge in [-0.05, 0) is 86.2 Å². The Bertz CT molecular complexity index is 931. The molecule has 1 aromatic carbocycles. The van der Waals surface area contributed by atoms with E-state index < -0.39 is 0 Å². The number of hydrogen-bond donors (Lipinski definition) is 2. The molecular weight excluding hydrogens is 384 g/mol. The highest BCUT2D eigenvalue weighted by atomic mass is 16.1. The summed E-state index contributed by atoms with van der Waals surface area (Å²) in [5, 5.41) is 3.08. The van der Waals surface area contributed by atoms with Crippen molar-refractivity contribution < 1.29 is 4.79 Å². The molecule has 1 amide bonds. The third-order valence-corrected chi connectivity index (χ3v) is 7.61. The molecule has 0 spiro atoms. The van der Waals surface area contributed by atoms with Crippen LogP contribution in [-0.4, -0.2) is 15.9 Å². The molecular formula is C26H34N4O. The Kier molecular flexibility index (Phi) is 5.23. The van der Waals surface area contributed by atoms with E-state index in [1.807, 2.05) is 24.3 Å². The molecule has 0 saturated heterocycles. The molecule has 4 fully saturated rings. The van der Waals surface area contributed by atoms with Gasteiger partial charge in [-0.25, -0.2) is 9.97 Å². The summed E-state index contributed by atoms with van der Waals surface area (Å²) >= 11 is 0. The molecule has 0 atom stereocenters. The minimum atomic E-state index is 0.0243. The number of carbonyl (C=O) groups excluding carboxylic acids is 1. The first-order valence-corrected chi connectivity index (χ1v) is 11.9. The first-order valence-electron chi connectivity index (χ1n) is 11.9. The summed E-state index contributed by atoms with van der Waals surface area (Å²) in [6, 6.07) is 7.78. The van der Waals surface area contributed by atoms with Gasteiger partial charge in [-0.15, -0.1) is 0 Å². The Balaban J connectivity index is 1.47. The number of rotatable bonds is 6. The molecule has 164 valence electrons. The Morgan fingerprint density at radius 3 is 2.29 bits per heavy atom. The number of hydrogen-bond acceptors (Lipinski definition) is 4. The number of amides is 1. The largest absolute Gasteiger partial charge is 0.399 e. The first-order chi connectivity index (χ1) is 14.9. The van der Waals surface area contributed by atoms with Crippen molar-refractivity contribution in [2.75, 3.05) is 11.1 Å². The van der Waals surface area contributed by atoms with Gasteiger partial charge >= 0.3 is 0 Å². The monoisotopic (exact) mass is 418 g/mol. The second-order valence-electron chi connectivity index (χ2n) is 10.9. The van der Waals surface area contributed by atoms with Gasteiger partial charge in [0.2, 0.25) is 5.91 Å². The molecule has 3 N–H and O–H groups in total. The second-order valence-corrected chi connectivity index (χ2v) is 10.9. The first kappa shape index (κ1) is 20.5. The van der Waals surface area contributed by atoms with Gasteiger partial charge in [0.15, 0.2) is 5.82 Å². The minimum absolute atomic E-state index is 0.0243. The van der Waals surface area contributed by atoms with E-state index in [1.54, 1.807) is 6.20 Å². The average Bonchev–Trinajstić information content (AvgIpc) is 2.68. The van der Waals surface area contributed by atoms with Crippen molar-refractivity contribution in [3.63, 3.8) is 0 Å². The fraction of sp³-hybridized carbons (Fsp3) is 0.577.